The summed E-state index contributed by atoms with van der Waals surface area (Å²) in [6, 6.07) is 2.85. The monoisotopic (exact) mass is 439 g/mol. The number of nitrogens with zero attached hydrogens (tertiary/aromatic N) is 4. The molecule has 0 radical (unpaired) electrons. The van der Waals surface area contributed by atoms with Gasteiger partial charge in [0.15, 0.2) is 0 Å². The molecule has 3 N–H and O–H groups in total. The van der Waals surface area contributed by atoms with Crippen LogP contribution in [0.15, 0.2) is 47.5 Å². The number of pyridine rings is 1. The third kappa shape index (κ3) is 6.16. The van der Waals surface area contributed by atoms with Gasteiger partial charge in [0.1, 0.15) is 11.5 Å². The van der Waals surface area contributed by atoms with E-state index in [1.165, 1.54) is 6.07 Å². The van der Waals surface area contributed by atoms with E-state index in [1.54, 1.807) is 30.9 Å². The van der Waals surface area contributed by atoms with Gasteiger partial charge in [0, 0.05) is 42.6 Å². The molecular weight excluding hydrogens is 409 g/mol. The number of rotatable bonds is 8. The molecule has 0 unspecified atom stereocenters. The topological polar surface area (TPSA) is 104 Å². The first kappa shape index (κ1) is 23.5. The fourth-order valence-electron chi connectivity index (χ4n) is 3.35. The first-order valence-corrected chi connectivity index (χ1v) is 10.7. The maximum Gasteiger partial charge on any atom is 0.237 e. The molecule has 0 spiro atoms. The molecule has 0 aromatic carbocycles. The summed E-state index contributed by atoms with van der Waals surface area (Å²) in [5.41, 5.74) is 1.96. The Bertz CT molecular complexity index is 996. The molecule has 1 amide bonds. The summed E-state index contributed by atoms with van der Waals surface area (Å²) in [4.78, 5) is 29.3. The highest BCUT2D eigenvalue weighted by molar-refractivity contribution is 5.98. The lowest BCUT2D eigenvalue weighted by molar-refractivity contribution is -0.122. The number of aliphatic imine (C=N–C) groups is 1. The number of aromatic nitrogens is 3. The number of amides is 1. The van der Waals surface area contributed by atoms with Crippen molar-refractivity contribution >= 4 is 17.6 Å². The number of carbonyl (C=O) groups is 1. The zero-order valence-electron chi connectivity index (χ0n) is 18.9. The van der Waals surface area contributed by atoms with Crippen molar-refractivity contribution in [2.75, 3.05) is 18.4 Å². The predicted octanol–water partition coefficient (Wildman–Crippen LogP) is 2.94. The summed E-state index contributed by atoms with van der Waals surface area (Å²) < 4.78 is 14.1. The van der Waals surface area contributed by atoms with Crippen molar-refractivity contribution in [1.29, 1.82) is 0 Å². The summed E-state index contributed by atoms with van der Waals surface area (Å²) >= 11 is 0. The van der Waals surface area contributed by atoms with Crippen LogP contribution in [0.25, 0.3) is 0 Å². The summed E-state index contributed by atoms with van der Waals surface area (Å²) in [5.74, 6) is 0.00922. The molecule has 1 aliphatic rings. The number of anilines is 1. The van der Waals surface area contributed by atoms with E-state index in [0.717, 1.165) is 36.2 Å². The minimum Gasteiger partial charge on any atom is -0.351 e. The van der Waals surface area contributed by atoms with Crippen LogP contribution in [0.2, 0.25) is 0 Å². The molecule has 32 heavy (non-hydrogen) atoms. The second-order valence-corrected chi connectivity index (χ2v) is 8.44. The smallest absolute Gasteiger partial charge is 0.237 e. The first-order valence-electron chi connectivity index (χ1n) is 10.7. The van der Waals surface area contributed by atoms with Crippen LogP contribution < -0.4 is 16.0 Å². The highest BCUT2D eigenvalue weighted by atomic mass is 19.1. The minimum atomic E-state index is -0.783. The maximum absolute atomic E-state index is 14.1. The van der Waals surface area contributed by atoms with Crippen molar-refractivity contribution in [2.45, 2.75) is 52.1 Å². The molecule has 2 aromatic heterocycles. The molecule has 0 aliphatic carbocycles. The van der Waals surface area contributed by atoms with Crippen molar-refractivity contribution < 1.29 is 9.18 Å². The Morgan fingerprint density at radius 1 is 1.31 bits per heavy atom. The normalized spacial score (nSPS) is 17.3. The zero-order chi connectivity index (χ0) is 23.1. The fourth-order valence-corrected chi connectivity index (χ4v) is 3.35. The summed E-state index contributed by atoms with van der Waals surface area (Å²) in [6.45, 7) is 8.76. The Kier molecular flexibility index (Phi) is 7.63. The highest BCUT2D eigenvalue weighted by Gasteiger charge is 2.26. The SMILES string of the molecule is CC(=N/C=C(\C)CNC(=O)[C@H]1CCCN1)c1cnc(NC(C)(C)c2ncccc2F)nc1. The van der Waals surface area contributed by atoms with E-state index in [-0.39, 0.29) is 17.8 Å². The largest absolute Gasteiger partial charge is 0.351 e. The van der Waals surface area contributed by atoms with Crippen LogP contribution in [0.3, 0.4) is 0 Å². The molecule has 1 aliphatic heterocycles. The molecule has 1 saturated heterocycles. The second-order valence-electron chi connectivity index (χ2n) is 8.44. The third-order valence-electron chi connectivity index (χ3n) is 5.24. The van der Waals surface area contributed by atoms with Crippen LogP contribution in [0, 0.1) is 5.82 Å². The molecule has 1 fully saturated rings. The quantitative estimate of drug-likeness (QED) is 0.547. The van der Waals surface area contributed by atoms with E-state index in [9.17, 15) is 9.18 Å². The molecule has 2 aromatic rings. The van der Waals surface area contributed by atoms with Gasteiger partial charge in [0.05, 0.1) is 11.6 Å². The number of hydrogen-bond acceptors (Lipinski definition) is 7. The predicted molar refractivity (Wildman–Crippen MR) is 123 cm³/mol. The van der Waals surface area contributed by atoms with Crippen molar-refractivity contribution in [3.05, 3.63) is 59.6 Å². The van der Waals surface area contributed by atoms with Gasteiger partial charge in [-0.05, 0) is 64.8 Å². The van der Waals surface area contributed by atoms with Crippen molar-refractivity contribution in [2.24, 2.45) is 4.99 Å². The van der Waals surface area contributed by atoms with Gasteiger partial charge in [-0.2, -0.15) is 0 Å². The second kappa shape index (κ2) is 10.4. The van der Waals surface area contributed by atoms with Gasteiger partial charge in [-0.15, -0.1) is 0 Å². The Hall–Kier alpha value is -3.20. The van der Waals surface area contributed by atoms with E-state index in [0.29, 0.717) is 18.2 Å². The Balaban J connectivity index is 1.58. The van der Waals surface area contributed by atoms with E-state index in [4.69, 9.17) is 0 Å². The molecule has 9 heteroatoms. The van der Waals surface area contributed by atoms with Gasteiger partial charge in [-0.3, -0.25) is 14.8 Å². The lowest BCUT2D eigenvalue weighted by atomic mass is 9.99. The third-order valence-corrected chi connectivity index (χ3v) is 5.24. The Morgan fingerprint density at radius 3 is 2.72 bits per heavy atom. The molecule has 8 nitrogen and oxygen atoms in total. The minimum absolute atomic E-state index is 0.0287. The van der Waals surface area contributed by atoms with Crippen LogP contribution in [0.4, 0.5) is 10.3 Å². The van der Waals surface area contributed by atoms with Crippen LogP contribution in [0.1, 0.15) is 51.8 Å². The Labute approximate surface area is 187 Å². The molecule has 3 heterocycles. The number of halogens is 1. The van der Waals surface area contributed by atoms with Crippen molar-refractivity contribution in [3.8, 4) is 0 Å². The van der Waals surface area contributed by atoms with Crippen LogP contribution >= 0.6 is 0 Å². The van der Waals surface area contributed by atoms with Gasteiger partial charge in [0.25, 0.3) is 0 Å². The highest BCUT2D eigenvalue weighted by Crippen LogP contribution is 2.24. The zero-order valence-corrected chi connectivity index (χ0v) is 18.9. The van der Waals surface area contributed by atoms with E-state index in [1.807, 2.05) is 27.7 Å². The molecule has 0 saturated carbocycles. The van der Waals surface area contributed by atoms with Crippen molar-refractivity contribution in [1.82, 2.24) is 25.6 Å². The Morgan fingerprint density at radius 2 is 2.06 bits per heavy atom. The first-order chi connectivity index (χ1) is 15.3. The molecular formula is C23H30FN7O. The average molecular weight is 440 g/mol. The fraction of sp³-hybridized carbons (Fsp3) is 0.435. The number of nitrogens with one attached hydrogen (secondary N) is 3. The summed E-state index contributed by atoms with van der Waals surface area (Å²) in [6.07, 6.45) is 8.52. The number of carbonyl (C=O) groups excluding carboxylic acids is 1. The molecule has 3 rings (SSSR count). The molecule has 170 valence electrons. The summed E-state index contributed by atoms with van der Waals surface area (Å²) in [5, 5.41) is 9.23. The summed E-state index contributed by atoms with van der Waals surface area (Å²) in [7, 11) is 0. The van der Waals surface area contributed by atoms with Gasteiger partial charge in [0.2, 0.25) is 11.9 Å². The van der Waals surface area contributed by atoms with Crippen LogP contribution in [-0.4, -0.2) is 45.7 Å². The van der Waals surface area contributed by atoms with Crippen molar-refractivity contribution in [3.63, 3.8) is 0 Å². The van der Waals surface area contributed by atoms with Gasteiger partial charge in [-0.25, -0.2) is 14.4 Å². The lowest BCUT2D eigenvalue weighted by Crippen LogP contribution is -2.40. The lowest BCUT2D eigenvalue weighted by Gasteiger charge is -2.25. The standard InChI is InChI=1S/C23H30FN7O/c1-15(12-28-21(32)19-8-6-9-25-19)11-27-16(2)17-13-29-22(30-14-17)31-23(3,4)20-18(24)7-5-10-26-20/h5,7,10-11,13-14,19,25H,6,8-9,12H2,1-4H3,(H,28,32)(H,29,30,31)/b15-11+,27-16?/t19-/m1/s1. The van der Waals surface area contributed by atoms with Crippen LogP contribution in [0.5, 0.6) is 0 Å². The van der Waals surface area contributed by atoms with Gasteiger partial charge < -0.3 is 16.0 Å². The van der Waals surface area contributed by atoms with Gasteiger partial charge >= 0.3 is 0 Å². The molecule has 1 atom stereocenters. The maximum atomic E-state index is 14.1. The number of hydrogen-bond donors (Lipinski definition) is 3. The van der Waals surface area contributed by atoms with E-state index in [2.05, 4.69) is 35.9 Å². The molecule has 0 bridgehead atoms. The average Bonchev–Trinajstić information content (AvgIpc) is 3.31. The van der Waals surface area contributed by atoms with E-state index < -0.39 is 5.54 Å². The van der Waals surface area contributed by atoms with Gasteiger partial charge in [-0.1, -0.05) is 0 Å². The van der Waals surface area contributed by atoms with Crippen LogP contribution in [-0.2, 0) is 10.3 Å². The van der Waals surface area contributed by atoms with E-state index >= 15 is 0 Å².